The topological polar surface area (TPSA) is 92.9 Å². The molecule has 1 aromatic carbocycles. The lowest BCUT2D eigenvalue weighted by molar-refractivity contribution is 0.102. The van der Waals surface area contributed by atoms with Crippen molar-refractivity contribution in [3.05, 3.63) is 59.2 Å². The zero-order chi connectivity index (χ0) is 18.0. The summed E-state index contributed by atoms with van der Waals surface area (Å²) in [6.45, 7) is 3.31. The van der Waals surface area contributed by atoms with Gasteiger partial charge in [0.15, 0.2) is 5.82 Å². The Morgan fingerprint density at radius 1 is 1.08 bits per heavy atom. The van der Waals surface area contributed by atoms with Crippen LogP contribution in [0.2, 0.25) is 0 Å². The molecule has 0 unspecified atom stereocenters. The maximum Gasteiger partial charge on any atom is 0.274 e. The fourth-order valence-corrected chi connectivity index (χ4v) is 2.10. The molecular formula is C16H13F2N5O2. The first-order valence-corrected chi connectivity index (χ1v) is 7.24. The highest BCUT2D eigenvalue weighted by molar-refractivity contribution is 6.03. The van der Waals surface area contributed by atoms with E-state index in [4.69, 9.17) is 4.52 Å². The van der Waals surface area contributed by atoms with Crippen LogP contribution in [0.15, 0.2) is 34.9 Å². The van der Waals surface area contributed by atoms with Gasteiger partial charge >= 0.3 is 0 Å². The Kier molecular flexibility index (Phi) is 4.38. The van der Waals surface area contributed by atoms with E-state index in [-0.39, 0.29) is 5.69 Å². The largest absolute Gasteiger partial charge is 0.360 e. The summed E-state index contributed by atoms with van der Waals surface area (Å²) >= 11 is 0. The number of carbonyl (C=O) groups excluding carboxylic acids is 1. The summed E-state index contributed by atoms with van der Waals surface area (Å²) < 4.78 is 32.2. The number of anilines is 3. The normalized spacial score (nSPS) is 10.6. The van der Waals surface area contributed by atoms with Gasteiger partial charge < -0.3 is 15.2 Å². The third-order valence-corrected chi connectivity index (χ3v) is 3.16. The number of halogens is 2. The number of benzene rings is 1. The molecule has 1 amide bonds. The number of rotatable bonds is 4. The van der Waals surface area contributed by atoms with Gasteiger partial charge in [-0.15, -0.1) is 0 Å². The van der Waals surface area contributed by atoms with Gasteiger partial charge in [0.25, 0.3) is 5.91 Å². The van der Waals surface area contributed by atoms with E-state index in [9.17, 15) is 13.6 Å². The van der Waals surface area contributed by atoms with Crippen LogP contribution in [0.1, 0.15) is 22.1 Å². The Balaban J connectivity index is 1.85. The molecule has 0 fully saturated rings. The lowest BCUT2D eigenvalue weighted by Gasteiger charge is -2.09. The van der Waals surface area contributed by atoms with Crippen molar-refractivity contribution in [1.82, 2.24) is 15.1 Å². The van der Waals surface area contributed by atoms with Gasteiger partial charge in [0.1, 0.15) is 40.4 Å². The average molecular weight is 345 g/mol. The van der Waals surface area contributed by atoms with Crippen molar-refractivity contribution >= 4 is 23.2 Å². The fourth-order valence-electron chi connectivity index (χ4n) is 2.10. The molecule has 3 aromatic rings. The molecule has 0 saturated heterocycles. The molecule has 0 bridgehead atoms. The molecule has 0 spiro atoms. The van der Waals surface area contributed by atoms with Gasteiger partial charge in [-0.2, -0.15) is 0 Å². The third-order valence-electron chi connectivity index (χ3n) is 3.16. The molecule has 0 atom stereocenters. The Morgan fingerprint density at radius 2 is 1.80 bits per heavy atom. The molecule has 2 aromatic heterocycles. The highest BCUT2D eigenvalue weighted by Crippen LogP contribution is 2.20. The van der Waals surface area contributed by atoms with Gasteiger partial charge in [-0.1, -0.05) is 11.2 Å². The lowest BCUT2D eigenvalue weighted by atomic mass is 10.2. The number of hydrogen-bond donors (Lipinski definition) is 2. The third kappa shape index (κ3) is 3.77. The minimum absolute atomic E-state index is 0.0575. The van der Waals surface area contributed by atoms with E-state index in [1.165, 1.54) is 12.1 Å². The van der Waals surface area contributed by atoms with E-state index in [1.54, 1.807) is 19.9 Å². The van der Waals surface area contributed by atoms with Gasteiger partial charge in [0.05, 0.1) is 0 Å². The molecule has 0 saturated carbocycles. The minimum Gasteiger partial charge on any atom is -0.360 e. The van der Waals surface area contributed by atoms with Gasteiger partial charge in [-0.05, 0) is 26.0 Å². The number of carbonyl (C=O) groups is 1. The van der Waals surface area contributed by atoms with Crippen molar-refractivity contribution in [2.45, 2.75) is 13.8 Å². The second-order valence-electron chi connectivity index (χ2n) is 5.18. The van der Waals surface area contributed by atoms with Gasteiger partial charge in [-0.3, -0.25) is 4.79 Å². The quantitative estimate of drug-likeness (QED) is 0.753. The number of nitrogens with one attached hydrogen (secondary N) is 2. The van der Waals surface area contributed by atoms with Crippen molar-refractivity contribution in [3.8, 4) is 0 Å². The number of aryl methyl sites for hydroxylation is 2. The number of amides is 1. The average Bonchev–Trinajstić information content (AvgIpc) is 2.95. The molecule has 7 nitrogen and oxygen atoms in total. The van der Waals surface area contributed by atoms with Crippen LogP contribution in [0.5, 0.6) is 0 Å². The van der Waals surface area contributed by atoms with Crippen LogP contribution in [-0.2, 0) is 0 Å². The van der Waals surface area contributed by atoms with E-state index in [2.05, 4.69) is 25.8 Å². The zero-order valence-corrected chi connectivity index (χ0v) is 13.3. The van der Waals surface area contributed by atoms with Gasteiger partial charge in [0.2, 0.25) is 0 Å². The van der Waals surface area contributed by atoms with Gasteiger partial charge in [-0.25, -0.2) is 18.7 Å². The Hall–Kier alpha value is -3.36. The summed E-state index contributed by atoms with van der Waals surface area (Å²) in [5, 5.41) is 8.80. The van der Waals surface area contributed by atoms with Crippen LogP contribution in [-0.4, -0.2) is 21.0 Å². The standard InChI is InChI=1S/C16H13F2N5O2/c1-8-6-14(23-25-8)21-13-7-12(19-9(2)20-13)16(24)22-15-10(17)4-3-5-11(15)18/h3-7H,1-2H3,(H,22,24)(H,19,20,21,23). The SMILES string of the molecule is Cc1nc(Nc2cc(C)on2)cc(C(=O)Nc2c(F)cccc2F)n1. The molecule has 2 heterocycles. The van der Waals surface area contributed by atoms with Crippen molar-refractivity contribution in [3.63, 3.8) is 0 Å². The Labute approximate surface area is 141 Å². The van der Waals surface area contributed by atoms with Crippen LogP contribution < -0.4 is 10.6 Å². The van der Waals surface area contributed by atoms with Crippen LogP contribution in [0.4, 0.5) is 26.1 Å². The van der Waals surface area contributed by atoms with Crippen molar-refractivity contribution < 1.29 is 18.1 Å². The predicted molar refractivity (Wildman–Crippen MR) is 85.6 cm³/mol. The fraction of sp³-hybridized carbons (Fsp3) is 0.125. The zero-order valence-electron chi connectivity index (χ0n) is 13.3. The first kappa shape index (κ1) is 16.5. The maximum absolute atomic E-state index is 13.7. The highest BCUT2D eigenvalue weighted by Gasteiger charge is 2.16. The van der Waals surface area contributed by atoms with Crippen LogP contribution in [0.25, 0.3) is 0 Å². The second kappa shape index (κ2) is 6.63. The molecule has 2 N–H and O–H groups in total. The summed E-state index contributed by atoms with van der Waals surface area (Å²) in [6.07, 6.45) is 0. The number of para-hydroxylation sites is 1. The van der Waals surface area contributed by atoms with E-state index in [0.717, 1.165) is 12.1 Å². The predicted octanol–water partition coefficient (Wildman–Crippen LogP) is 3.36. The van der Waals surface area contributed by atoms with E-state index < -0.39 is 23.2 Å². The lowest BCUT2D eigenvalue weighted by Crippen LogP contribution is -2.17. The summed E-state index contributed by atoms with van der Waals surface area (Å²) in [5.41, 5.74) is -0.594. The van der Waals surface area contributed by atoms with Crippen molar-refractivity contribution in [1.29, 1.82) is 0 Å². The first-order valence-electron chi connectivity index (χ1n) is 7.24. The summed E-state index contributed by atoms with van der Waals surface area (Å²) in [4.78, 5) is 20.4. The number of hydrogen-bond acceptors (Lipinski definition) is 6. The molecular weight excluding hydrogens is 332 g/mol. The minimum atomic E-state index is -0.879. The molecule has 0 aliphatic rings. The number of nitrogens with zero attached hydrogens (tertiary/aromatic N) is 3. The first-order chi connectivity index (χ1) is 11.9. The van der Waals surface area contributed by atoms with Gasteiger partial charge in [0, 0.05) is 12.1 Å². The maximum atomic E-state index is 13.7. The van der Waals surface area contributed by atoms with Crippen molar-refractivity contribution in [2.24, 2.45) is 0 Å². The summed E-state index contributed by atoms with van der Waals surface area (Å²) in [6, 6.07) is 6.28. The van der Waals surface area contributed by atoms with E-state index >= 15 is 0 Å². The molecule has 25 heavy (non-hydrogen) atoms. The molecule has 9 heteroatoms. The molecule has 0 aliphatic carbocycles. The van der Waals surface area contributed by atoms with Crippen molar-refractivity contribution in [2.75, 3.05) is 10.6 Å². The van der Waals surface area contributed by atoms with E-state index in [1.807, 2.05) is 0 Å². The van der Waals surface area contributed by atoms with Crippen LogP contribution >= 0.6 is 0 Å². The monoisotopic (exact) mass is 345 g/mol. The highest BCUT2D eigenvalue weighted by atomic mass is 19.1. The molecule has 128 valence electrons. The van der Waals surface area contributed by atoms with Crippen LogP contribution in [0, 0.1) is 25.5 Å². The summed E-state index contributed by atoms with van der Waals surface area (Å²) in [7, 11) is 0. The second-order valence-corrected chi connectivity index (χ2v) is 5.18. The molecule has 0 radical (unpaired) electrons. The molecule has 0 aliphatic heterocycles. The summed E-state index contributed by atoms with van der Waals surface area (Å²) in [5.74, 6) is -0.937. The smallest absolute Gasteiger partial charge is 0.274 e. The Bertz CT molecular complexity index is 922. The van der Waals surface area contributed by atoms with E-state index in [0.29, 0.717) is 23.2 Å². The Morgan fingerprint density at radius 3 is 2.44 bits per heavy atom. The van der Waals surface area contributed by atoms with Crippen LogP contribution in [0.3, 0.4) is 0 Å². The molecule has 3 rings (SSSR count). The number of aromatic nitrogens is 3.